The van der Waals surface area contributed by atoms with Gasteiger partial charge in [-0.05, 0) is 49.3 Å². The van der Waals surface area contributed by atoms with Crippen LogP contribution in [0.25, 0.3) is 0 Å². The zero-order valence-electron chi connectivity index (χ0n) is 14.5. The number of benzene rings is 1. The molecular formula is C19H25N5O. The summed E-state index contributed by atoms with van der Waals surface area (Å²) in [5, 5.41) is 14.3. The highest BCUT2D eigenvalue weighted by atomic mass is 16.2. The van der Waals surface area contributed by atoms with Gasteiger partial charge in [-0.3, -0.25) is 4.79 Å². The predicted molar refractivity (Wildman–Crippen MR) is 94.3 cm³/mol. The zero-order valence-corrected chi connectivity index (χ0v) is 14.5. The van der Waals surface area contributed by atoms with Gasteiger partial charge in [0.2, 0.25) is 0 Å². The summed E-state index contributed by atoms with van der Waals surface area (Å²) >= 11 is 0. The minimum atomic E-state index is 0.114. The van der Waals surface area contributed by atoms with Gasteiger partial charge in [-0.1, -0.05) is 36.6 Å². The van der Waals surface area contributed by atoms with Crippen molar-refractivity contribution in [1.82, 2.24) is 25.5 Å². The quantitative estimate of drug-likeness (QED) is 0.931. The van der Waals surface area contributed by atoms with Crippen molar-refractivity contribution in [1.29, 1.82) is 0 Å². The third-order valence-corrected chi connectivity index (χ3v) is 5.67. The van der Waals surface area contributed by atoms with Crippen LogP contribution in [0.15, 0.2) is 24.3 Å². The smallest absolute Gasteiger partial charge is 0.253 e. The monoisotopic (exact) mass is 339 g/mol. The van der Waals surface area contributed by atoms with E-state index in [-0.39, 0.29) is 11.8 Å². The Hall–Kier alpha value is -2.24. The van der Waals surface area contributed by atoms with Gasteiger partial charge in [-0.15, -0.1) is 10.2 Å². The van der Waals surface area contributed by atoms with Crippen LogP contribution < -0.4 is 0 Å². The number of nitrogens with one attached hydrogen (secondary N) is 1. The highest BCUT2D eigenvalue weighted by Crippen LogP contribution is 2.33. The van der Waals surface area contributed by atoms with Crippen molar-refractivity contribution in [3.63, 3.8) is 0 Å². The number of hydrogen-bond acceptors (Lipinski definition) is 4. The van der Waals surface area contributed by atoms with E-state index in [0.717, 1.165) is 24.9 Å². The molecule has 1 atom stereocenters. The molecule has 1 saturated carbocycles. The minimum absolute atomic E-state index is 0.114. The fourth-order valence-electron chi connectivity index (χ4n) is 4.23. The number of H-pyrrole nitrogens is 1. The lowest BCUT2D eigenvalue weighted by Gasteiger charge is -2.31. The molecule has 1 N–H and O–H groups in total. The predicted octanol–water partition coefficient (Wildman–Crippen LogP) is 3.27. The SMILES string of the molecule is O=C(c1ccc(C2CCCCC2)cc1)N1CCC[C@H](c2nn[nH]n2)C1. The van der Waals surface area contributed by atoms with Crippen LogP contribution in [0.3, 0.4) is 0 Å². The summed E-state index contributed by atoms with van der Waals surface area (Å²) in [6.07, 6.45) is 8.57. The average Bonchev–Trinajstić information content (AvgIpc) is 3.23. The van der Waals surface area contributed by atoms with E-state index in [1.54, 1.807) is 0 Å². The fourth-order valence-corrected chi connectivity index (χ4v) is 4.23. The Morgan fingerprint density at radius 1 is 1.00 bits per heavy atom. The molecule has 2 heterocycles. The van der Waals surface area contributed by atoms with E-state index >= 15 is 0 Å². The minimum Gasteiger partial charge on any atom is -0.338 e. The number of aromatic amines is 1. The van der Waals surface area contributed by atoms with Crippen molar-refractivity contribution >= 4 is 5.91 Å². The van der Waals surface area contributed by atoms with Gasteiger partial charge in [0.05, 0.1) is 0 Å². The van der Waals surface area contributed by atoms with Crippen LogP contribution in [0.5, 0.6) is 0 Å². The molecule has 1 aromatic carbocycles. The third kappa shape index (κ3) is 3.57. The molecule has 0 spiro atoms. The van der Waals surface area contributed by atoms with E-state index in [1.807, 2.05) is 17.0 Å². The molecule has 0 radical (unpaired) electrons. The second kappa shape index (κ2) is 7.33. The number of rotatable bonds is 3. The Labute approximate surface area is 148 Å². The molecule has 1 aromatic heterocycles. The van der Waals surface area contributed by atoms with Gasteiger partial charge in [0.15, 0.2) is 5.82 Å². The summed E-state index contributed by atoms with van der Waals surface area (Å²) in [4.78, 5) is 14.8. The maximum atomic E-state index is 12.9. The number of tetrazole rings is 1. The number of nitrogens with zero attached hydrogens (tertiary/aromatic N) is 4. The number of piperidine rings is 1. The van der Waals surface area contributed by atoms with E-state index in [0.29, 0.717) is 18.3 Å². The van der Waals surface area contributed by atoms with Crippen molar-refractivity contribution in [2.45, 2.75) is 56.8 Å². The highest BCUT2D eigenvalue weighted by Gasteiger charge is 2.28. The first-order chi connectivity index (χ1) is 12.3. The molecular weight excluding hydrogens is 314 g/mol. The Morgan fingerprint density at radius 2 is 1.76 bits per heavy atom. The van der Waals surface area contributed by atoms with Gasteiger partial charge in [-0.25, -0.2) is 0 Å². The molecule has 1 amide bonds. The molecule has 25 heavy (non-hydrogen) atoms. The molecule has 132 valence electrons. The van der Waals surface area contributed by atoms with Gasteiger partial charge in [0, 0.05) is 24.6 Å². The largest absolute Gasteiger partial charge is 0.338 e. The first-order valence-electron chi connectivity index (χ1n) is 9.44. The van der Waals surface area contributed by atoms with Crippen LogP contribution in [0, 0.1) is 0 Å². The molecule has 6 nitrogen and oxygen atoms in total. The molecule has 0 unspecified atom stereocenters. The Morgan fingerprint density at radius 3 is 2.48 bits per heavy atom. The standard InChI is InChI=1S/C19H25N5O/c25-19(24-12-4-7-17(13-24)18-20-22-23-21-18)16-10-8-15(9-11-16)14-5-2-1-3-6-14/h8-11,14,17H,1-7,12-13H2,(H,20,21,22,23)/t17-/m0/s1. The molecule has 0 bridgehead atoms. The van der Waals surface area contributed by atoms with E-state index < -0.39 is 0 Å². The molecule has 6 heteroatoms. The number of amides is 1. The molecule has 1 aliphatic carbocycles. The number of carbonyl (C=O) groups excluding carboxylic acids is 1. The topological polar surface area (TPSA) is 74.8 Å². The summed E-state index contributed by atoms with van der Waals surface area (Å²) in [5.74, 6) is 1.68. The summed E-state index contributed by atoms with van der Waals surface area (Å²) in [5.41, 5.74) is 2.17. The Kier molecular flexibility index (Phi) is 4.76. The van der Waals surface area contributed by atoms with E-state index in [1.165, 1.54) is 37.7 Å². The van der Waals surface area contributed by atoms with Gasteiger partial charge in [-0.2, -0.15) is 5.21 Å². The van der Waals surface area contributed by atoms with Crippen LogP contribution in [0.4, 0.5) is 0 Å². The first-order valence-corrected chi connectivity index (χ1v) is 9.44. The van der Waals surface area contributed by atoms with Crippen LogP contribution in [-0.2, 0) is 0 Å². The molecule has 2 fully saturated rings. The van der Waals surface area contributed by atoms with Crippen LogP contribution in [0.2, 0.25) is 0 Å². The summed E-state index contributed by atoms with van der Waals surface area (Å²) in [6.45, 7) is 1.47. The number of likely N-dealkylation sites (tertiary alicyclic amines) is 1. The van der Waals surface area contributed by atoms with E-state index in [4.69, 9.17) is 0 Å². The van der Waals surface area contributed by atoms with E-state index in [9.17, 15) is 4.79 Å². The van der Waals surface area contributed by atoms with Crippen LogP contribution in [0.1, 0.15) is 78.5 Å². The summed E-state index contributed by atoms with van der Waals surface area (Å²) in [6, 6.07) is 8.32. The van der Waals surface area contributed by atoms with Gasteiger partial charge >= 0.3 is 0 Å². The molecule has 1 aliphatic heterocycles. The first kappa shape index (κ1) is 16.2. The molecule has 2 aromatic rings. The van der Waals surface area contributed by atoms with Gasteiger partial charge in [0.1, 0.15) is 0 Å². The third-order valence-electron chi connectivity index (χ3n) is 5.67. The Bertz CT molecular complexity index is 691. The van der Waals surface area contributed by atoms with Crippen LogP contribution in [-0.4, -0.2) is 44.5 Å². The van der Waals surface area contributed by atoms with Crippen molar-refractivity contribution in [3.05, 3.63) is 41.2 Å². The lowest BCUT2D eigenvalue weighted by molar-refractivity contribution is 0.0704. The maximum Gasteiger partial charge on any atom is 0.253 e. The highest BCUT2D eigenvalue weighted by molar-refractivity contribution is 5.94. The van der Waals surface area contributed by atoms with E-state index in [2.05, 4.69) is 32.8 Å². The summed E-state index contributed by atoms with van der Waals surface area (Å²) < 4.78 is 0. The van der Waals surface area contributed by atoms with Crippen LogP contribution >= 0.6 is 0 Å². The lowest BCUT2D eigenvalue weighted by Crippen LogP contribution is -2.39. The fraction of sp³-hybridized carbons (Fsp3) is 0.579. The number of aromatic nitrogens is 4. The average molecular weight is 339 g/mol. The second-order valence-electron chi connectivity index (χ2n) is 7.32. The second-order valence-corrected chi connectivity index (χ2v) is 7.32. The van der Waals surface area contributed by atoms with Gasteiger partial charge in [0.25, 0.3) is 5.91 Å². The maximum absolute atomic E-state index is 12.9. The molecule has 4 rings (SSSR count). The van der Waals surface area contributed by atoms with Crippen molar-refractivity contribution in [2.24, 2.45) is 0 Å². The summed E-state index contributed by atoms with van der Waals surface area (Å²) in [7, 11) is 0. The lowest BCUT2D eigenvalue weighted by atomic mass is 9.84. The normalized spacial score (nSPS) is 22.1. The van der Waals surface area contributed by atoms with Crippen molar-refractivity contribution in [2.75, 3.05) is 13.1 Å². The Balaban J connectivity index is 1.43. The molecule has 2 aliphatic rings. The zero-order chi connectivity index (χ0) is 17.1. The van der Waals surface area contributed by atoms with Gasteiger partial charge < -0.3 is 4.90 Å². The number of carbonyl (C=O) groups is 1. The van der Waals surface area contributed by atoms with Crippen molar-refractivity contribution < 1.29 is 4.79 Å². The van der Waals surface area contributed by atoms with Crippen molar-refractivity contribution in [3.8, 4) is 0 Å². The number of hydrogen-bond donors (Lipinski definition) is 1. The molecule has 1 saturated heterocycles.